The van der Waals surface area contributed by atoms with Crippen molar-refractivity contribution in [1.29, 1.82) is 0 Å². The van der Waals surface area contributed by atoms with Gasteiger partial charge in [0.05, 0.1) is 16.6 Å². The highest BCUT2D eigenvalue weighted by Crippen LogP contribution is 2.35. The van der Waals surface area contributed by atoms with Crippen LogP contribution >= 0.6 is 22.9 Å². The molecule has 20 heavy (non-hydrogen) atoms. The number of hydrogen-bond donors (Lipinski definition) is 1. The Hall–Kier alpha value is -1.52. The van der Waals surface area contributed by atoms with E-state index < -0.39 is 0 Å². The van der Waals surface area contributed by atoms with E-state index in [1.807, 2.05) is 10.3 Å². The van der Waals surface area contributed by atoms with E-state index in [0.29, 0.717) is 16.3 Å². The van der Waals surface area contributed by atoms with E-state index in [-0.39, 0.29) is 11.9 Å². The van der Waals surface area contributed by atoms with Crippen LogP contribution in [0, 0.1) is 0 Å². The van der Waals surface area contributed by atoms with Crippen LogP contribution in [0.4, 0.5) is 5.69 Å². The molecule has 3 rings (SSSR count). The van der Waals surface area contributed by atoms with Gasteiger partial charge in [0.15, 0.2) is 0 Å². The number of anilines is 1. The van der Waals surface area contributed by atoms with Crippen molar-refractivity contribution in [1.82, 2.24) is 4.90 Å². The standard InChI is InChI=1S/C15H15ClN2OS/c16-13-8-11(17)3-4-12(13)15(19)18-6-1-2-14(18)10-5-7-20-9-10/h3-5,7-9,14H,1-2,6,17H2. The Morgan fingerprint density at radius 3 is 2.95 bits per heavy atom. The molecule has 0 spiro atoms. The minimum Gasteiger partial charge on any atom is -0.399 e. The van der Waals surface area contributed by atoms with Crippen molar-refractivity contribution in [2.45, 2.75) is 18.9 Å². The summed E-state index contributed by atoms with van der Waals surface area (Å²) < 4.78 is 0. The highest BCUT2D eigenvalue weighted by Gasteiger charge is 2.31. The average molecular weight is 307 g/mol. The van der Waals surface area contributed by atoms with Gasteiger partial charge >= 0.3 is 0 Å². The van der Waals surface area contributed by atoms with Crippen molar-refractivity contribution in [2.75, 3.05) is 12.3 Å². The number of nitrogen functional groups attached to an aromatic ring is 1. The molecule has 2 heterocycles. The van der Waals surface area contributed by atoms with Crippen molar-refractivity contribution in [3.05, 3.63) is 51.2 Å². The third-order valence-corrected chi connectivity index (χ3v) is 4.68. The number of rotatable bonds is 2. The minimum atomic E-state index is -0.0105. The Balaban J connectivity index is 1.89. The SMILES string of the molecule is Nc1ccc(C(=O)N2CCCC2c2ccsc2)c(Cl)c1. The van der Waals surface area contributed by atoms with Crippen molar-refractivity contribution in [3.63, 3.8) is 0 Å². The molecule has 0 aliphatic carbocycles. The fourth-order valence-electron chi connectivity index (χ4n) is 2.68. The Labute approximate surface area is 127 Å². The Morgan fingerprint density at radius 2 is 2.25 bits per heavy atom. The molecular weight excluding hydrogens is 292 g/mol. The first-order chi connectivity index (χ1) is 9.66. The number of halogens is 1. The Kier molecular flexibility index (Phi) is 3.68. The largest absolute Gasteiger partial charge is 0.399 e. The molecule has 1 aromatic carbocycles. The maximum atomic E-state index is 12.7. The summed E-state index contributed by atoms with van der Waals surface area (Å²) in [5, 5.41) is 4.58. The molecule has 1 aliphatic heterocycles. The second kappa shape index (κ2) is 5.46. The molecule has 1 fully saturated rings. The van der Waals surface area contributed by atoms with Gasteiger partial charge in [-0.3, -0.25) is 4.79 Å². The minimum absolute atomic E-state index is 0.0105. The summed E-state index contributed by atoms with van der Waals surface area (Å²) in [5.74, 6) is -0.0105. The van der Waals surface area contributed by atoms with Crippen molar-refractivity contribution in [3.8, 4) is 0 Å². The molecule has 1 saturated heterocycles. The third-order valence-electron chi connectivity index (χ3n) is 3.67. The fraction of sp³-hybridized carbons (Fsp3) is 0.267. The Morgan fingerprint density at radius 1 is 1.40 bits per heavy atom. The van der Waals surface area contributed by atoms with E-state index in [0.717, 1.165) is 19.4 Å². The second-order valence-corrected chi connectivity index (χ2v) is 6.14. The van der Waals surface area contributed by atoms with Crippen LogP contribution in [0.5, 0.6) is 0 Å². The van der Waals surface area contributed by atoms with Crippen LogP contribution in [-0.2, 0) is 0 Å². The number of nitrogens with zero attached hydrogens (tertiary/aromatic N) is 1. The van der Waals surface area contributed by atoms with E-state index in [1.54, 1.807) is 29.5 Å². The molecule has 5 heteroatoms. The third kappa shape index (κ3) is 2.41. The number of nitrogens with two attached hydrogens (primary N) is 1. The van der Waals surface area contributed by atoms with Crippen molar-refractivity contribution >= 4 is 34.5 Å². The number of carbonyl (C=O) groups excluding carboxylic acids is 1. The van der Waals surface area contributed by atoms with E-state index in [4.69, 9.17) is 17.3 Å². The summed E-state index contributed by atoms with van der Waals surface area (Å²) in [6.45, 7) is 0.778. The second-order valence-electron chi connectivity index (χ2n) is 4.95. The quantitative estimate of drug-likeness (QED) is 0.854. The lowest BCUT2D eigenvalue weighted by Gasteiger charge is -2.24. The van der Waals surface area contributed by atoms with Crippen LogP contribution < -0.4 is 5.73 Å². The van der Waals surface area contributed by atoms with Gasteiger partial charge in [-0.05, 0) is 53.4 Å². The van der Waals surface area contributed by atoms with Crippen LogP contribution in [0.2, 0.25) is 5.02 Å². The molecule has 1 amide bonds. The first kappa shape index (κ1) is 13.5. The molecule has 0 bridgehead atoms. The number of hydrogen-bond acceptors (Lipinski definition) is 3. The molecule has 0 saturated carbocycles. The summed E-state index contributed by atoms with van der Waals surface area (Å²) in [7, 11) is 0. The first-order valence-electron chi connectivity index (χ1n) is 6.55. The van der Waals surface area contributed by atoms with Crippen LogP contribution in [-0.4, -0.2) is 17.4 Å². The lowest BCUT2D eigenvalue weighted by Crippen LogP contribution is -2.30. The van der Waals surface area contributed by atoms with Gasteiger partial charge in [-0.15, -0.1) is 0 Å². The maximum Gasteiger partial charge on any atom is 0.255 e. The predicted molar refractivity (Wildman–Crippen MR) is 83.2 cm³/mol. The molecule has 2 aromatic rings. The average Bonchev–Trinajstić information content (AvgIpc) is 3.09. The van der Waals surface area contributed by atoms with Crippen LogP contribution in [0.15, 0.2) is 35.0 Å². The van der Waals surface area contributed by atoms with E-state index in [2.05, 4.69) is 11.4 Å². The number of amides is 1. The van der Waals surface area contributed by atoms with Gasteiger partial charge in [0.1, 0.15) is 0 Å². The summed E-state index contributed by atoms with van der Waals surface area (Å²) in [4.78, 5) is 14.6. The molecule has 1 unspecified atom stereocenters. The zero-order valence-electron chi connectivity index (χ0n) is 10.9. The van der Waals surface area contributed by atoms with E-state index >= 15 is 0 Å². The first-order valence-corrected chi connectivity index (χ1v) is 7.87. The topological polar surface area (TPSA) is 46.3 Å². The molecular formula is C15H15ClN2OS. The molecule has 1 aliphatic rings. The lowest BCUT2D eigenvalue weighted by molar-refractivity contribution is 0.0736. The monoisotopic (exact) mass is 306 g/mol. The molecule has 2 N–H and O–H groups in total. The summed E-state index contributed by atoms with van der Waals surface area (Å²) in [5.41, 5.74) is 7.99. The molecule has 3 nitrogen and oxygen atoms in total. The van der Waals surface area contributed by atoms with Gasteiger partial charge in [0.2, 0.25) is 0 Å². The summed E-state index contributed by atoms with van der Waals surface area (Å²) in [6, 6.07) is 7.32. The fourth-order valence-corrected chi connectivity index (χ4v) is 3.66. The van der Waals surface area contributed by atoms with Crippen molar-refractivity contribution in [2.24, 2.45) is 0 Å². The lowest BCUT2D eigenvalue weighted by atomic mass is 10.1. The van der Waals surface area contributed by atoms with Crippen molar-refractivity contribution < 1.29 is 4.79 Å². The molecule has 1 atom stereocenters. The zero-order chi connectivity index (χ0) is 14.1. The number of likely N-dealkylation sites (tertiary alicyclic amines) is 1. The highest BCUT2D eigenvalue weighted by molar-refractivity contribution is 7.08. The van der Waals surface area contributed by atoms with E-state index in [9.17, 15) is 4.79 Å². The van der Waals surface area contributed by atoms with Gasteiger partial charge in [-0.2, -0.15) is 11.3 Å². The zero-order valence-corrected chi connectivity index (χ0v) is 12.5. The number of thiophene rings is 1. The molecule has 0 radical (unpaired) electrons. The highest BCUT2D eigenvalue weighted by atomic mass is 35.5. The van der Waals surface area contributed by atoms with Gasteiger partial charge in [0, 0.05) is 12.2 Å². The Bertz CT molecular complexity index is 627. The summed E-state index contributed by atoms with van der Waals surface area (Å²) >= 11 is 7.81. The molecule has 1 aromatic heterocycles. The molecule has 104 valence electrons. The van der Waals surface area contributed by atoms with Crippen LogP contribution in [0.1, 0.15) is 34.8 Å². The van der Waals surface area contributed by atoms with Gasteiger partial charge in [0.25, 0.3) is 5.91 Å². The number of benzene rings is 1. The van der Waals surface area contributed by atoms with Gasteiger partial charge in [-0.1, -0.05) is 11.6 Å². The maximum absolute atomic E-state index is 12.7. The smallest absolute Gasteiger partial charge is 0.255 e. The predicted octanol–water partition coefficient (Wildman–Crippen LogP) is 3.96. The number of carbonyl (C=O) groups is 1. The van der Waals surface area contributed by atoms with Gasteiger partial charge in [-0.25, -0.2) is 0 Å². The summed E-state index contributed by atoms with van der Waals surface area (Å²) in [6.07, 6.45) is 2.04. The normalized spacial score (nSPS) is 18.4. The van der Waals surface area contributed by atoms with Crippen LogP contribution in [0.25, 0.3) is 0 Å². The van der Waals surface area contributed by atoms with Crippen LogP contribution in [0.3, 0.4) is 0 Å². The van der Waals surface area contributed by atoms with Gasteiger partial charge < -0.3 is 10.6 Å². The van der Waals surface area contributed by atoms with E-state index in [1.165, 1.54) is 5.56 Å².